The maximum atomic E-state index is 13.1. The number of nitrogens with one attached hydrogen (secondary N) is 1. The van der Waals surface area contributed by atoms with Crippen LogP contribution >= 0.6 is 0 Å². The third kappa shape index (κ3) is 6.19. The van der Waals surface area contributed by atoms with Crippen LogP contribution in [0.1, 0.15) is 60.1 Å². The van der Waals surface area contributed by atoms with E-state index in [0.717, 1.165) is 63.1 Å². The number of aromatic nitrogens is 2. The molecule has 9 nitrogen and oxygen atoms in total. The lowest BCUT2D eigenvalue weighted by Gasteiger charge is -2.56. The second-order valence-corrected chi connectivity index (χ2v) is 15.6. The molecule has 5 aliphatic rings. The normalized spacial score (nSPS) is 26.6. The predicted octanol–water partition coefficient (Wildman–Crippen LogP) is 4.76. The third-order valence-corrected chi connectivity index (χ3v) is 11.8. The van der Waals surface area contributed by atoms with Gasteiger partial charge in [-0.1, -0.05) is 30.3 Å². The molecule has 2 N–H and O–H groups in total. The molecule has 8 rings (SSSR count). The minimum absolute atomic E-state index is 0.0194. The van der Waals surface area contributed by atoms with Gasteiger partial charge in [-0.05, 0) is 115 Å². The number of anilines is 1. The number of benzene rings is 2. The molecular weight excluding hydrogens is 574 g/mol. The summed E-state index contributed by atoms with van der Waals surface area (Å²) in [7, 11) is -3.77. The van der Waals surface area contributed by atoms with Gasteiger partial charge in [0.1, 0.15) is 5.75 Å². The fourth-order valence-electron chi connectivity index (χ4n) is 8.93. The molecule has 0 atom stereocenters. The van der Waals surface area contributed by atoms with Crippen LogP contribution in [0, 0.1) is 30.1 Å². The van der Waals surface area contributed by atoms with Crippen molar-refractivity contribution in [3.8, 4) is 16.9 Å². The van der Waals surface area contributed by atoms with E-state index >= 15 is 0 Å². The molecule has 5 fully saturated rings. The van der Waals surface area contributed by atoms with Gasteiger partial charge in [0.25, 0.3) is 5.91 Å². The fraction of sp³-hybridized carbons (Fsp3) is 0.500. The van der Waals surface area contributed by atoms with E-state index in [-0.39, 0.29) is 22.6 Å². The maximum absolute atomic E-state index is 13.1. The Labute approximate surface area is 259 Å². The van der Waals surface area contributed by atoms with Crippen molar-refractivity contribution in [2.75, 3.05) is 36.8 Å². The highest BCUT2D eigenvalue weighted by molar-refractivity contribution is 7.90. The Kier molecular flexibility index (Phi) is 7.61. The Balaban J connectivity index is 0.914. The van der Waals surface area contributed by atoms with Gasteiger partial charge in [-0.3, -0.25) is 9.69 Å². The van der Waals surface area contributed by atoms with Crippen molar-refractivity contribution >= 4 is 21.7 Å². The van der Waals surface area contributed by atoms with Gasteiger partial charge in [-0.15, -0.1) is 10.2 Å². The van der Waals surface area contributed by atoms with E-state index in [0.29, 0.717) is 23.6 Å². The standard InChI is InChI=1S/C34H41N5O4S/c1-23-13-24(5-6-30(23)28-3-2-4-29(40)17-28)21-38-9-11-39(12-10-38)32-8-7-31(35-36-32)33(41)37-44(42,43)22-34-18-25-14-26(19-34)16-27(15-25)20-34/h2-8,13,17,25-27,40H,9-12,14-16,18-22H2,1H3,(H,37,41). The molecule has 10 heteroatoms. The van der Waals surface area contributed by atoms with Crippen molar-refractivity contribution in [3.05, 3.63) is 71.4 Å². The Hall–Kier alpha value is -3.50. The summed E-state index contributed by atoms with van der Waals surface area (Å²) in [6.45, 7) is 6.22. The number of carbonyl (C=O) groups excluding carboxylic acids is 1. The highest BCUT2D eigenvalue weighted by Crippen LogP contribution is 2.60. The van der Waals surface area contributed by atoms with E-state index in [9.17, 15) is 18.3 Å². The van der Waals surface area contributed by atoms with Crippen molar-refractivity contribution in [2.24, 2.45) is 23.2 Å². The zero-order chi connectivity index (χ0) is 30.5. The minimum Gasteiger partial charge on any atom is -0.508 e. The van der Waals surface area contributed by atoms with E-state index in [1.807, 2.05) is 12.1 Å². The molecule has 1 amide bonds. The van der Waals surface area contributed by atoms with Crippen LogP contribution in [0.4, 0.5) is 5.82 Å². The van der Waals surface area contributed by atoms with Crippen LogP contribution in [-0.2, 0) is 16.6 Å². The minimum atomic E-state index is -3.77. The molecule has 44 heavy (non-hydrogen) atoms. The average Bonchev–Trinajstić information content (AvgIpc) is 2.96. The number of nitrogens with zero attached hydrogens (tertiary/aromatic N) is 4. The quantitative estimate of drug-likeness (QED) is 0.373. The summed E-state index contributed by atoms with van der Waals surface area (Å²) in [6.07, 6.45) is 6.67. The summed E-state index contributed by atoms with van der Waals surface area (Å²) >= 11 is 0. The van der Waals surface area contributed by atoms with Crippen LogP contribution in [0.5, 0.6) is 5.75 Å². The van der Waals surface area contributed by atoms with Crippen LogP contribution in [0.25, 0.3) is 11.1 Å². The molecule has 4 saturated carbocycles. The van der Waals surface area contributed by atoms with Crippen LogP contribution in [0.2, 0.25) is 0 Å². The van der Waals surface area contributed by atoms with E-state index in [1.54, 1.807) is 24.3 Å². The number of phenols is 1. The van der Waals surface area contributed by atoms with E-state index in [4.69, 9.17) is 0 Å². The number of hydrogen-bond donors (Lipinski definition) is 2. The van der Waals surface area contributed by atoms with Gasteiger partial charge in [0.05, 0.1) is 5.75 Å². The average molecular weight is 616 g/mol. The van der Waals surface area contributed by atoms with Gasteiger partial charge in [-0.25, -0.2) is 13.1 Å². The fourth-order valence-corrected chi connectivity index (χ4v) is 10.5. The van der Waals surface area contributed by atoms with Crippen LogP contribution < -0.4 is 9.62 Å². The second-order valence-electron chi connectivity index (χ2n) is 13.8. The Bertz CT molecular complexity index is 1620. The van der Waals surface area contributed by atoms with Gasteiger partial charge in [-0.2, -0.15) is 0 Å². The Morgan fingerprint density at radius 1 is 0.932 bits per heavy atom. The summed E-state index contributed by atoms with van der Waals surface area (Å²) in [6, 6.07) is 17.1. The summed E-state index contributed by atoms with van der Waals surface area (Å²) in [4.78, 5) is 17.4. The van der Waals surface area contributed by atoms with E-state index in [1.165, 1.54) is 30.4 Å². The van der Waals surface area contributed by atoms with Gasteiger partial charge in [0, 0.05) is 32.7 Å². The number of piperazine rings is 1. The summed E-state index contributed by atoms with van der Waals surface area (Å²) in [5, 5.41) is 18.2. The molecule has 0 spiro atoms. The van der Waals surface area contributed by atoms with E-state index < -0.39 is 15.9 Å². The van der Waals surface area contributed by atoms with Gasteiger partial charge in [0.2, 0.25) is 10.0 Å². The molecular formula is C34H41N5O4S. The number of aromatic hydroxyl groups is 1. The number of amides is 1. The molecule has 4 bridgehead atoms. The lowest BCUT2D eigenvalue weighted by atomic mass is 9.50. The number of carbonyl (C=O) groups is 1. The first-order valence-electron chi connectivity index (χ1n) is 15.9. The van der Waals surface area contributed by atoms with Crippen molar-refractivity contribution < 1.29 is 18.3 Å². The molecule has 1 aromatic heterocycles. The zero-order valence-corrected chi connectivity index (χ0v) is 26.1. The molecule has 2 aromatic carbocycles. The molecule has 3 aromatic rings. The smallest absolute Gasteiger partial charge is 0.285 e. The highest BCUT2D eigenvalue weighted by atomic mass is 32.2. The molecule has 0 radical (unpaired) electrons. The first-order valence-corrected chi connectivity index (χ1v) is 17.5. The van der Waals surface area contributed by atoms with Crippen molar-refractivity contribution in [1.82, 2.24) is 19.8 Å². The van der Waals surface area contributed by atoms with Crippen molar-refractivity contribution in [1.29, 1.82) is 0 Å². The number of hydrogen-bond acceptors (Lipinski definition) is 8. The molecule has 232 valence electrons. The number of rotatable bonds is 8. The largest absolute Gasteiger partial charge is 0.508 e. The number of sulfonamides is 1. The van der Waals surface area contributed by atoms with Crippen LogP contribution in [0.3, 0.4) is 0 Å². The first-order chi connectivity index (χ1) is 21.1. The van der Waals surface area contributed by atoms with Crippen molar-refractivity contribution in [3.63, 3.8) is 0 Å². The van der Waals surface area contributed by atoms with E-state index in [2.05, 4.69) is 49.8 Å². The predicted molar refractivity (Wildman–Crippen MR) is 170 cm³/mol. The molecule has 4 aliphatic carbocycles. The lowest BCUT2D eigenvalue weighted by molar-refractivity contribution is -0.0391. The second kappa shape index (κ2) is 11.5. The third-order valence-electron chi connectivity index (χ3n) is 10.3. The molecule has 2 heterocycles. The highest BCUT2D eigenvalue weighted by Gasteiger charge is 2.52. The van der Waals surface area contributed by atoms with Gasteiger partial charge in [0.15, 0.2) is 11.5 Å². The Morgan fingerprint density at radius 2 is 1.64 bits per heavy atom. The molecule has 1 saturated heterocycles. The van der Waals surface area contributed by atoms with Gasteiger partial charge >= 0.3 is 0 Å². The zero-order valence-electron chi connectivity index (χ0n) is 25.3. The Morgan fingerprint density at radius 3 is 2.25 bits per heavy atom. The summed E-state index contributed by atoms with van der Waals surface area (Å²) < 4.78 is 28.5. The number of aryl methyl sites for hydroxylation is 1. The lowest BCUT2D eigenvalue weighted by Crippen LogP contribution is -2.51. The summed E-state index contributed by atoms with van der Waals surface area (Å²) in [5.41, 5.74) is 4.39. The maximum Gasteiger partial charge on any atom is 0.285 e. The van der Waals surface area contributed by atoms with Gasteiger partial charge < -0.3 is 10.0 Å². The monoisotopic (exact) mass is 615 g/mol. The van der Waals surface area contributed by atoms with Crippen molar-refractivity contribution in [2.45, 2.75) is 52.0 Å². The SMILES string of the molecule is Cc1cc(CN2CCN(c3ccc(C(=O)NS(=O)(=O)CC45CC6CC(CC(C6)C4)C5)nn3)CC2)ccc1-c1cccc(O)c1. The van der Waals surface area contributed by atoms with Crippen LogP contribution in [-0.4, -0.2) is 66.5 Å². The first kappa shape index (κ1) is 29.2. The topological polar surface area (TPSA) is 116 Å². The molecule has 0 unspecified atom stereocenters. The number of phenolic OH excluding ortho intramolecular Hbond substituents is 1. The summed E-state index contributed by atoms with van der Waals surface area (Å²) in [5.74, 6) is 2.24. The molecule has 1 aliphatic heterocycles. The van der Waals surface area contributed by atoms with Crippen LogP contribution in [0.15, 0.2) is 54.6 Å².